The summed E-state index contributed by atoms with van der Waals surface area (Å²) < 4.78 is 5.12. The van der Waals surface area contributed by atoms with Gasteiger partial charge in [-0.1, -0.05) is 6.07 Å². The minimum Gasteiger partial charge on any atom is -0.378 e. The summed E-state index contributed by atoms with van der Waals surface area (Å²) in [6.45, 7) is 1.74. The number of morpholine rings is 1. The molecule has 1 aliphatic rings. The molecule has 0 atom stereocenters. The molecule has 0 spiro atoms. The van der Waals surface area contributed by atoms with Gasteiger partial charge >= 0.3 is 11.8 Å². The highest BCUT2D eigenvalue weighted by atomic mass is 16.5. The van der Waals surface area contributed by atoms with Crippen LogP contribution in [0.1, 0.15) is 5.56 Å². The molecule has 0 aromatic heterocycles. The predicted molar refractivity (Wildman–Crippen MR) is 67.2 cm³/mol. The summed E-state index contributed by atoms with van der Waals surface area (Å²) in [5, 5.41) is 11.2. The average molecular weight is 259 g/mol. The van der Waals surface area contributed by atoms with Gasteiger partial charge in [-0.25, -0.2) is 0 Å². The van der Waals surface area contributed by atoms with Crippen LogP contribution in [0.3, 0.4) is 0 Å². The number of anilines is 1. The molecular formula is C13H13N3O3. The Kier molecular flexibility index (Phi) is 4.11. The van der Waals surface area contributed by atoms with E-state index in [9.17, 15) is 9.59 Å². The molecule has 6 heteroatoms. The van der Waals surface area contributed by atoms with Crippen LogP contribution in [0.15, 0.2) is 24.3 Å². The van der Waals surface area contributed by atoms with Gasteiger partial charge in [0.1, 0.15) is 0 Å². The zero-order valence-corrected chi connectivity index (χ0v) is 10.3. The molecule has 19 heavy (non-hydrogen) atoms. The van der Waals surface area contributed by atoms with Gasteiger partial charge in [0.05, 0.1) is 24.8 Å². The number of nitriles is 1. The Morgan fingerprint density at radius 2 is 2.05 bits per heavy atom. The number of nitrogens with one attached hydrogen (secondary N) is 1. The second kappa shape index (κ2) is 5.98. The topological polar surface area (TPSA) is 82.4 Å². The Labute approximate surface area is 110 Å². The number of hydrogen-bond acceptors (Lipinski definition) is 4. The normalized spacial score (nSPS) is 14.6. The highest BCUT2D eigenvalue weighted by molar-refractivity contribution is 6.39. The van der Waals surface area contributed by atoms with Gasteiger partial charge in [0.2, 0.25) is 0 Å². The molecule has 1 aromatic rings. The molecule has 2 rings (SSSR count). The van der Waals surface area contributed by atoms with Crippen molar-refractivity contribution in [2.75, 3.05) is 31.6 Å². The van der Waals surface area contributed by atoms with E-state index in [0.717, 1.165) is 0 Å². The van der Waals surface area contributed by atoms with Crippen molar-refractivity contribution in [2.45, 2.75) is 0 Å². The Morgan fingerprint density at radius 1 is 1.32 bits per heavy atom. The lowest BCUT2D eigenvalue weighted by molar-refractivity contribution is -0.145. The van der Waals surface area contributed by atoms with Crippen LogP contribution in [0.4, 0.5) is 5.69 Å². The number of rotatable bonds is 1. The molecule has 0 unspecified atom stereocenters. The Balaban J connectivity index is 2.00. The van der Waals surface area contributed by atoms with Crippen molar-refractivity contribution in [2.24, 2.45) is 0 Å². The van der Waals surface area contributed by atoms with E-state index in [1.807, 2.05) is 6.07 Å². The highest BCUT2D eigenvalue weighted by Crippen LogP contribution is 2.10. The van der Waals surface area contributed by atoms with Gasteiger partial charge in [-0.05, 0) is 18.2 Å². The van der Waals surface area contributed by atoms with E-state index < -0.39 is 11.8 Å². The largest absolute Gasteiger partial charge is 0.378 e. The molecule has 1 saturated heterocycles. The zero-order valence-electron chi connectivity index (χ0n) is 10.3. The molecule has 1 fully saturated rings. The van der Waals surface area contributed by atoms with Crippen molar-refractivity contribution >= 4 is 17.5 Å². The molecule has 0 radical (unpaired) electrons. The van der Waals surface area contributed by atoms with E-state index in [1.54, 1.807) is 18.2 Å². The molecule has 1 aromatic carbocycles. The lowest BCUT2D eigenvalue weighted by Crippen LogP contribution is -2.45. The maximum absolute atomic E-state index is 11.9. The van der Waals surface area contributed by atoms with Gasteiger partial charge in [0, 0.05) is 18.8 Å². The summed E-state index contributed by atoms with van der Waals surface area (Å²) in [4.78, 5) is 25.1. The smallest absolute Gasteiger partial charge is 0.313 e. The minimum absolute atomic E-state index is 0.421. The predicted octanol–water partition coefficient (Wildman–Crippen LogP) is 0.356. The first-order chi connectivity index (χ1) is 9.20. The molecular weight excluding hydrogens is 246 g/mol. The van der Waals surface area contributed by atoms with Crippen molar-refractivity contribution in [3.63, 3.8) is 0 Å². The van der Waals surface area contributed by atoms with Gasteiger partial charge in [-0.2, -0.15) is 5.26 Å². The van der Waals surface area contributed by atoms with E-state index in [0.29, 0.717) is 37.6 Å². The molecule has 6 nitrogen and oxygen atoms in total. The van der Waals surface area contributed by atoms with Gasteiger partial charge in [0.15, 0.2) is 0 Å². The second-order valence-electron chi connectivity index (χ2n) is 4.05. The Hall–Kier alpha value is -2.39. The van der Waals surface area contributed by atoms with Crippen LogP contribution >= 0.6 is 0 Å². The number of hydrogen-bond donors (Lipinski definition) is 1. The van der Waals surface area contributed by atoms with Gasteiger partial charge < -0.3 is 15.0 Å². The third-order valence-electron chi connectivity index (χ3n) is 2.74. The van der Waals surface area contributed by atoms with E-state index in [4.69, 9.17) is 10.00 Å². The minimum atomic E-state index is -0.697. The summed E-state index contributed by atoms with van der Waals surface area (Å²) >= 11 is 0. The van der Waals surface area contributed by atoms with Crippen molar-refractivity contribution in [1.82, 2.24) is 4.90 Å². The number of carbonyl (C=O) groups is 2. The standard InChI is InChI=1S/C13H13N3O3/c14-9-10-2-1-3-11(8-10)15-12(17)13(18)16-4-6-19-7-5-16/h1-3,8H,4-7H2,(H,15,17). The Morgan fingerprint density at radius 3 is 2.74 bits per heavy atom. The van der Waals surface area contributed by atoms with Crippen LogP contribution < -0.4 is 5.32 Å². The molecule has 1 N–H and O–H groups in total. The zero-order chi connectivity index (χ0) is 13.7. The summed E-state index contributed by atoms with van der Waals surface area (Å²) in [6, 6.07) is 8.39. The van der Waals surface area contributed by atoms with E-state index in [2.05, 4.69) is 5.32 Å². The summed E-state index contributed by atoms with van der Waals surface area (Å²) in [6.07, 6.45) is 0. The summed E-state index contributed by atoms with van der Waals surface area (Å²) in [5.41, 5.74) is 0.863. The molecule has 1 aliphatic heterocycles. The van der Waals surface area contributed by atoms with Gasteiger partial charge in [-0.15, -0.1) is 0 Å². The van der Waals surface area contributed by atoms with Crippen LogP contribution in [-0.2, 0) is 14.3 Å². The average Bonchev–Trinajstić information content (AvgIpc) is 2.47. The molecule has 2 amide bonds. The SMILES string of the molecule is N#Cc1cccc(NC(=O)C(=O)N2CCOCC2)c1. The molecule has 0 bridgehead atoms. The quantitative estimate of drug-likeness (QED) is 0.738. The van der Waals surface area contributed by atoms with E-state index in [1.165, 1.54) is 11.0 Å². The number of carbonyl (C=O) groups excluding carboxylic acids is 2. The van der Waals surface area contributed by atoms with Gasteiger partial charge in [0.25, 0.3) is 0 Å². The number of amides is 2. The van der Waals surface area contributed by atoms with Crippen LogP contribution in [0, 0.1) is 11.3 Å². The summed E-state index contributed by atoms with van der Waals surface area (Å²) in [5.74, 6) is -1.28. The monoisotopic (exact) mass is 259 g/mol. The highest BCUT2D eigenvalue weighted by Gasteiger charge is 2.23. The van der Waals surface area contributed by atoms with Crippen molar-refractivity contribution in [3.05, 3.63) is 29.8 Å². The third kappa shape index (κ3) is 3.30. The second-order valence-corrected chi connectivity index (χ2v) is 4.05. The van der Waals surface area contributed by atoms with Crippen molar-refractivity contribution in [3.8, 4) is 6.07 Å². The molecule has 98 valence electrons. The third-order valence-corrected chi connectivity index (χ3v) is 2.74. The number of nitrogens with zero attached hydrogens (tertiary/aromatic N) is 2. The Bertz CT molecular complexity index is 530. The molecule has 0 aliphatic carbocycles. The molecule has 0 saturated carbocycles. The first-order valence-electron chi connectivity index (χ1n) is 5.89. The first-order valence-corrected chi connectivity index (χ1v) is 5.89. The fourth-order valence-electron chi connectivity index (χ4n) is 1.76. The van der Waals surface area contributed by atoms with Crippen LogP contribution in [0.2, 0.25) is 0 Å². The van der Waals surface area contributed by atoms with Gasteiger partial charge in [-0.3, -0.25) is 9.59 Å². The number of ether oxygens (including phenoxy) is 1. The lowest BCUT2D eigenvalue weighted by Gasteiger charge is -2.26. The van der Waals surface area contributed by atoms with Crippen molar-refractivity contribution < 1.29 is 14.3 Å². The van der Waals surface area contributed by atoms with E-state index >= 15 is 0 Å². The lowest BCUT2D eigenvalue weighted by atomic mass is 10.2. The number of benzene rings is 1. The van der Waals surface area contributed by atoms with E-state index in [-0.39, 0.29) is 0 Å². The van der Waals surface area contributed by atoms with Crippen LogP contribution in [0.25, 0.3) is 0 Å². The summed E-state index contributed by atoms with van der Waals surface area (Å²) in [7, 11) is 0. The van der Waals surface area contributed by atoms with Crippen molar-refractivity contribution in [1.29, 1.82) is 5.26 Å². The fourth-order valence-corrected chi connectivity index (χ4v) is 1.76. The maximum Gasteiger partial charge on any atom is 0.313 e. The van der Waals surface area contributed by atoms with Crippen LogP contribution in [0.5, 0.6) is 0 Å². The molecule has 1 heterocycles. The first kappa shape index (κ1) is 13.1. The van der Waals surface area contributed by atoms with Crippen LogP contribution in [-0.4, -0.2) is 43.0 Å². The maximum atomic E-state index is 11.9. The fraction of sp³-hybridized carbons (Fsp3) is 0.308.